The maximum absolute atomic E-state index is 14.8. The number of aliphatic hydroxyl groups is 1. The van der Waals surface area contributed by atoms with Crippen molar-refractivity contribution in [2.75, 3.05) is 11.6 Å². The van der Waals surface area contributed by atoms with Crippen molar-refractivity contribution in [2.24, 2.45) is 11.7 Å². The Morgan fingerprint density at radius 2 is 1.86 bits per heavy atom. The maximum atomic E-state index is 14.8. The Bertz CT molecular complexity index is 1560. The van der Waals surface area contributed by atoms with E-state index in [1.54, 1.807) is 24.7 Å². The average Bonchev–Trinajstić information content (AvgIpc) is 3.23. The molecule has 0 bridgehead atoms. The number of fused-ring (bicyclic) bond motifs is 1. The van der Waals surface area contributed by atoms with E-state index in [1.807, 2.05) is 13.0 Å². The molecule has 0 unspecified atom stereocenters. The lowest BCUT2D eigenvalue weighted by Gasteiger charge is -2.36. The molecular formula is C25H26F2N6O3S. The van der Waals surface area contributed by atoms with Gasteiger partial charge in [0.25, 0.3) is 0 Å². The molecule has 0 saturated heterocycles. The van der Waals surface area contributed by atoms with Gasteiger partial charge in [-0.05, 0) is 60.6 Å². The number of rotatable bonds is 5. The summed E-state index contributed by atoms with van der Waals surface area (Å²) in [5, 5.41) is 17.9. The van der Waals surface area contributed by atoms with E-state index in [2.05, 4.69) is 20.4 Å². The molecule has 194 valence electrons. The molecule has 1 aliphatic rings. The summed E-state index contributed by atoms with van der Waals surface area (Å²) >= 11 is 0. The molecule has 4 aromatic rings. The Kier molecular flexibility index (Phi) is 6.42. The highest BCUT2D eigenvalue weighted by Crippen LogP contribution is 2.39. The second-order valence-corrected chi connectivity index (χ2v) is 11.6. The van der Waals surface area contributed by atoms with Crippen LogP contribution >= 0.6 is 0 Å². The number of nitrogens with zero attached hydrogens (tertiary/aromatic N) is 4. The largest absolute Gasteiger partial charge is 0.391 e. The van der Waals surface area contributed by atoms with Crippen LogP contribution in [0.15, 0.2) is 53.8 Å². The molecule has 3 heterocycles. The topological polar surface area (TPSA) is 136 Å². The highest BCUT2D eigenvalue weighted by atomic mass is 32.2. The molecule has 1 fully saturated rings. The lowest BCUT2D eigenvalue weighted by Crippen LogP contribution is -2.44. The first-order chi connectivity index (χ1) is 17.5. The maximum Gasteiger partial charge on any atom is 0.229 e. The lowest BCUT2D eigenvalue weighted by atomic mass is 9.74. The van der Waals surface area contributed by atoms with Crippen LogP contribution in [0.2, 0.25) is 0 Å². The number of benzene rings is 1. The fourth-order valence-electron chi connectivity index (χ4n) is 4.92. The van der Waals surface area contributed by atoms with Crippen LogP contribution in [0, 0.1) is 17.6 Å². The third-order valence-corrected chi connectivity index (χ3v) is 7.95. The quantitative estimate of drug-likeness (QED) is 0.359. The highest BCUT2D eigenvalue weighted by molar-refractivity contribution is 7.90. The molecule has 1 aromatic carbocycles. The van der Waals surface area contributed by atoms with Gasteiger partial charge in [-0.15, -0.1) is 0 Å². The minimum absolute atomic E-state index is 0.0314. The van der Waals surface area contributed by atoms with Gasteiger partial charge in [-0.1, -0.05) is 6.92 Å². The summed E-state index contributed by atoms with van der Waals surface area (Å²) in [6.07, 6.45) is 6.59. The molecule has 0 amide bonds. The third kappa shape index (κ3) is 4.79. The van der Waals surface area contributed by atoms with E-state index in [0.29, 0.717) is 23.6 Å². The third-order valence-electron chi connectivity index (χ3n) is 6.86. The van der Waals surface area contributed by atoms with E-state index in [0.717, 1.165) is 30.4 Å². The van der Waals surface area contributed by atoms with Gasteiger partial charge in [-0.2, -0.15) is 9.61 Å². The number of nitrogens with two attached hydrogens (primary N) is 1. The van der Waals surface area contributed by atoms with Crippen LogP contribution in [0.5, 0.6) is 0 Å². The zero-order valence-electron chi connectivity index (χ0n) is 20.1. The number of sulfone groups is 1. The number of nitrogens with one attached hydrogen (secondary N) is 1. The first kappa shape index (κ1) is 25.2. The summed E-state index contributed by atoms with van der Waals surface area (Å²) < 4.78 is 54.6. The van der Waals surface area contributed by atoms with Crippen LogP contribution in [0.3, 0.4) is 0 Å². The van der Waals surface area contributed by atoms with E-state index in [4.69, 9.17) is 5.73 Å². The molecule has 4 N–H and O–H groups in total. The van der Waals surface area contributed by atoms with E-state index >= 15 is 0 Å². The second-order valence-electron chi connectivity index (χ2n) is 9.56. The first-order valence-corrected chi connectivity index (χ1v) is 13.6. The number of aliphatic hydroxyl groups excluding tert-OH is 1. The van der Waals surface area contributed by atoms with E-state index in [9.17, 15) is 22.3 Å². The van der Waals surface area contributed by atoms with Crippen LogP contribution in [0.25, 0.3) is 16.8 Å². The van der Waals surface area contributed by atoms with Crippen molar-refractivity contribution in [2.45, 2.75) is 42.7 Å². The summed E-state index contributed by atoms with van der Waals surface area (Å²) in [6.45, 7) is 1.97. The summed E-state index contributed by atoms with van der Waals surface area (Å²) in [5.41, 5.74) is 7.92. The van der Waals surface area contributed by atoms with Gasteiger partial charge in [0.1, 0.15) is 11.6 Å². The molecule has 0 spiro atoms. The summed E-state index contributed by atoms with van der Waals surface area (Å²) in [7, 11) is -3.79. The molecule has 0 radical (unpaired) electrons. The van der Waals surface area contributed by atoms with Crippen LogP contribution in [0.1, 0.15) is 31.2 Å². The molecule has 3 aromatic heterocycles. The zero-order chi connectivity index (χ0) is 26.5. The Balaban J connectivity index is 1.51. The Morgan fingerprint density at radius 3 is 2.54 bits per heavy atom. The number of hydrogen-bond acceptors (Lipinski definition) is 8. The van der Waals surface area contributed by atoms with Crippen molar-refractivity contribution in [1.82, 2.24) is 19.6 Å². The van der Waals surface area contributed by atoms with Gasteiger partial charge in [0, 0.05) is 18.5 Å². The van der Waals surface area contributed by atoms with Crippen molar-refractivity contribution < 1.29 is 22.3 Å². The van der Waals surface area contributed by atoms with Gasteiger partial charge in [-0.25, -0.2) is 22.2 Å². The first-order valence-electron chi connectivity index (χ1n) is 11.7. The Morgan fingerprint density at radius 1 is 1.14 bits per heavy atom. The number of pyridine rings is 1. The molecule has 9 nitrogen and oxygen atoms in total. The Labute approximate surface area is 212 Å². The fraction of sp³-hybridized carbons (Fsp3) is 0.320. The number of aromatic nitrogens is 4. The van der Waals surface area contributed by atoms with Gasteiger partial charge in [0.2, 0.25) is 5.95 Å². The summed E-state index contributed by atoms with van der Waals surface area (Å²) in [4.78, 5) is 8.14. The molecule has 1 saturated carbocycles. The number of imidazole rings is 1. The molecule has 37 heavy (non-hydrogen) atoms. The highest BCUT2D eigenvalue weighted by Gasteiger charge is 2.34. The fourth-order valence-corrected chi connectivity index (χ4v) is 5.56. The van der Waals surface area contributed by atoms with Crippen molar-refractivity contribution in [3.8, 4) is 11.3 Å². The van der Waals surface area contributed by atoms with Crippen LogP contribution in [-0.4, -0.2) is 51.5 Å². The van der Waals surface area contributed by atoms with Crippen molar-refractivity contribution in [3.05, 3.63) is 66.1 Å². The van der Waals surface area contributed by atoms with Crippen molar-refractivity contribution >= 4 is 27.0 Å². The predicted molar refractivity (Wildman–Crippen MR) is 134 cm³/mol. The van der Waals surface area contributed by atoms with Crippen LogP contribution in [0.4, 0.5) is 20.4 Å². The van der Waals surface area contributed by atoms with Gasteiger partial charge < -0.3 is 16.2 Å². The molecule has 4 atom stereocenters. The smallest absolute Gasteiger partial charge is 0.229 e. The van der Waals surface area contributed by atoms with E-state index < -0.39 is 38.0 Å². The van der Waals surface area contributed by atoms with Gasteiger partial charge >= 0.3 is 0 Å². The minimum atomic E-state index is -3.79. The number of halogens is 2. The summed E-state index contributed by atoms with van der Waals surface area (Å²) in [6, 6.07) is 6.16. The SMILES string of the molecule is C[C@H]1C[C@@H](c2ccncc2Nc2ncc3ccc(-c4c(F)cc(S(C)(=O)=O)cc4F)nn23)C[C@@H](N)[C@@H]1O. The average molecular weight is 529 g/mol. The number of anilines is 2. The number of hydrogen-bond donors (Lipinski definition) is 3. The van der Waals surface area contributed by atoms with Crippen LogP contribution in [-0.2, 0) is 9.84 Å². The molecule has 12 heteroatoms. The second kappa shape index (κ2) is 9.43. The van der Waals surface area contributed by atoms with Gasteiger partial charge in [0.05, 0.1) is 45.9 Å². The van der Waals surface area contributed by atoms with Gasteiger partial charge in [-0.3, -0.25) is 4.98 Å². The monoisotopic (exact) mass is 528 g/mol. The normalized spacial score (nSPS) is 22.3. The van der Waals surface area contributed by atoms with Crippen LogP contribution < -0.4 is 11.1 Å². The van der Waals surface area contributed by atoms with E-state index in [1.165, 1.54) is 10.6 Å². The molecule has 1 aliphatic carbocycles. The Hall–Kier alpha value is -3.48. The molecule has 0 aliphatic heterocycles. The van der Waals surface area contributed by atoms with Crippen molar-refractivity contribution in [1.29, 1.82) is 0 Å². The van der Waals surface area contributed by atoms with E-state index in [-0.39, 0.29) is 23.6 Å². The predicted octanol–water partition coefficient (Wildman–Crippen LogP) is 3.42. The molecular weight excluding hydrogens is 502 g/mol. The van der Waals surface area contributed by atoms with Crippen molar-refractivity contribution in [3.63, 3.8) is 0 Å². The van der Waals surface area contributed by atoms with Gasteiger partial charge in [0.15, 0.2) is 9.84 Å². The molecule has 5 rings (SSSR count). The minimum Gasteiger partial charge on any atom is -0.391 e. The zero-order valence-corrected chi connectivity index (χ0v) is 21.0. The standard InChI is InChI=1S/C25H26F2N6O3S/c1-13-7-14(8-20(28)24(13)34)17-5-6-29-12-22(17)31-25-30-11-15-3-4-21(32-33(15)25)23-18(26)9-16(10-19(23)27)37(2,35)36/h3-6,9-14,20,24,34H,7-8,28H2,1-2H3,(H,30,31)/t13-,14+,20+,24+/m0/s1. The summed E-state index contributed by atoms with van der Waals surface area (Å²) in [5.74, 6) is -1.66. The lowest BCUT2D eigenvalue weighted by molar-refractivity contribution is 0.0521.